The van der Waals surface area contributed by atoms with Crippen LogP contribution in [-0.4, -0.2) is 0 Å². The number of aryl methyl sites for hydroxylation is 4. The lowest BCUT2D eigenvalue weighted by molar-refractivity contribution is 0.475. The van der Waals surface area contributed by atoms with Gasteiger partial charge in [0.2, 0.25) is 0 Å². The third-order valence-electron chi connectivity index (χ3n) is 13.7. The highest BCUT2D eigenvalue weighted by atomic mass is 15.2. The molecule has 0 heterocycles. The molecule has 0 fully saturated rings. The zero-order chi connectivity index (χ0) is 37.5. The van der Waals surface area contributed by atoms with Gasteiger partial charge in [-0.2, -0.15) is 0 Å². The van der Waals surface area contributed by atoms with E-state index in [4.69, 9.17) is 0 Å². The monoisotopic (exact) mass is 726 g/mol. The van der Waals surface area contributed by atoms with Crippen LogP contribution in [-0.2, 0) is 37.5 Å². The van der Waals surface area contributed by atoms with Crippen LogP contribution in [0.2, 0.25) is 0 Å². The van der Waals surface area contributed by atoms with Gasteiger partial charge in [0.05, 0.1) is 11.4 Å². The van der Waals surface area contributed by atoms with Gasteiger partial charge in [0.15, 0.2) is 0 Å². The topological polar surface area (TPSA) is 6.48 Å². The minimum absolute atomic E-state index is 0.0462. The van der Waals surface area contributed by atoms with Crippen LogP contribution in [0.1, 0.15) is 84.9 Å². The second kappa shape index (κ2) is 13.0. The highest BCUT2D eigenvalue weighted by Gasteiger charge is 2.34. The number of hydrogen-bond acceptors (Lipinski definition) is 2. The van der Waals surface area contributed by atoms with Crippen LogP contribution < -0.4 is 9.80 Å². The SMILES string of the molecule is Cc1cc(N(c2ccccc2)c2cccc3c2CCCC3)c2cc3c4c(cc(N(c5ccccc5)c5cccc6c5CCCC6)c5ccc1c2c54)CCC3(C)C. The van der Waals surface area contributed by atoms with Crippen LogP contribution in [0, 0.1) is 6.92 Å². The summed E-state index contributed by atoms with van der Waals surface area (Å²) in [5, 5.41) is 8.40. The summed E-state index contributed by atoms with van der Waals surface area (Å²) < 4.78 is 0. The zero-order valence-corrected chi connectivity index (χ0v) is 33.1. The molecule has 0 amide bonds. The van der Waals surface area contributed by atoms with E-state index in [0.29, 0.717) is 0 Å². The number of rotatable bonds is 6. The first-order valence-corrected chi connectivity index (χ1v) is 21.2. The van der Waals surface area contributed by atoms with E-state index in [0.717, 1.165) is 32.1 Å². The second-order valence-corrected chi connectivity index (χ2v) is 17.5. The minimum Gasteiger partial charge on any atom is -0.310 e. The summed E-state index contributed by atoms with van der Waals surface area (Å²) in [5.41, 5.74) is 18.1. The maximum Gasteiger partial charge on any atom is 0.0543 e. The first-order valence-electron chi connectivity index (χ1n) is 21.2. The molecule has 0 radical (unpaired) electrons. The molecule has 0 atom stereocenters. The molecular weight excluding hydrogens is 677 g/mol. The number of benzene rings is 8. The fourth-order valence-electron chi connectivity index (χ4n) is 10.9. The zero-order valence-electron chi connectivity index (χ0n) is 33.1. The molecule has 0 saturated carbocycles. The van der Waals surface area contributed by atoms with Gasteiger partial charge in [-0.05, 0) is 186 Å². The molecule has 8 aromatic rings. The molecular formula is C54H50N2. The van der Waals surface area contributed by atoms with Gasteiger partial charge in [-0.15, -0.1) is 0 Å². The highest BCUT2D eigenvalue weighted by molar-refractivity contribution is 6.30. The molecule has 0 aliphatic heterocycles. The van der Waals surface area contributed by atoms with Gasteiger partial charge >= 0.3 is 0 Å². The van der Waals surface area contributed by atoms with Crippen molar-refractivity contribution >= 4 is 66.4 Å². The molecule has 0 saturated heterocycles. The van der Waals surface area contributed by atoms with Crippen LogP contribution in [0.3, 0.4) is 0 Å². The molecule has 56 heavy (non-hydrogen) atoms. The standard InChI is InChI=1S/C54H50N2/c1-35-32-49(55(39-20-6-4-7-21-39)47-26-14-18-36-16-10-12-24-42(36)47)45-34-46-51-38(30-31-54(46,2)3)33-50(44-29-28-41(35)52(45)53(44)51)56(40-22-8-5-9-23-40)48-27-15-19-37-17-11-13-25-43(37)48/h4-9,14-15,18-23,26-29,32-34H,10-13,16-17,24-25,30-31H2,1-3H3. The predicted molar refractivity (Wildman–Crippen MR) is 239 cm³/mol. The average molecular weight is 727 g/mol. The normalized spacial score (nSPS) is 15.9. The lowest BCUT2D eigenvalue weighted by atomic mass is 9.70. The van der Waals surface area contributed by atoms with Gasteiger partial charge in [0, 0.05) is 38.9 Å². The number of nitrogens with zero attached hydrogens (tertiary/aromatic N) is 2. The minimum atomic E-state index is 0.0462. The summed E-state index contributed by atoms with van der Waals surface area (Å²) in [6, 6.07) is 49.0. The van der Waals surface area contributed by atoms with E-state index in [1.165, 1.54) is 137 Å². The molecule has 0 bridgehead atoms. The number of anilines is 6. The summed E-state index contributed by atoms with van der Waals surface area (Å²) in [6.07, 6.45) is 11.8. The lowest BCUT2D eigenvalue weighted by Gasteiger charge is -2.37. The summed E-state index contributed by atoms with van der Waals surface area (Å²) in [6.45, 7) is 7.30. The van der Waals surface area contributed by atoms with Crippen molar-refractivity contribution in [1.82, 2.24) is 0 Å². The summed E-state index contributed by atoms with van der Waals surface area (Å²) in [4.78, 5) is 5.23. The van der Waals surface area contributed by atoms with Crippen LogP contribution in [0.5, 0.6) is 0 Å². The molecule has 0 N–H and O–H groups in total. The number of para-hydroxylation sites is 2. The molecule has 0 spiro atoms. The molecule has 11 rings (SSSR count). The van der Waals surface area contributed by atoms with Crippen LogP contribution in [0.25, 0.3) is 32.3 Å². The number of hydrogen-bond donors (Lipinski definition) is 0. The predicted octanol–water partition coefficient (Wildman–Crippen LogP) is 14.8. The van der Waals surface area contributed by atoms with Gasteiger partial charge in [-0.25, -0.2) is 0 Å². The van der Waals surface area contributed by atoms with E-state index >= 15 is 0 Å². The molecule has 3 aliphatic rings. The Balaban J connectivity index is 1.27. The summed E-state index contributed by atoms with van der Waals surface area (Å²) in [5.74, 6) is 0. The van der Waals surface area contributed by atoms with Crippen LogP contribution >= 0.6 is 0 Å². The van der Waals surface area contributed by atoms with Gasteiger partial charge in [-0.3, -0.25) is 0 Å². The lowest BCUT2D eigenvalue weighted by Crippen LogP contribution is -2.24. The van der Waals surface area contributed by atoms with Gasteiger partial charge < -0.3 is 9.80 Å². The molecule has 2 nitrogen and oxygen atoms in total. The Morgan fingerprint density at radius 2 is 0.982 bits per heavy atom. The summed E-state index contributed by atoms with van der Waals surface area (Å²) in [7, 11) is 0. The van der Waals surface area contributed by atoms with E-state index in [2.05, 4.69) is 158 Å². The molecule has 8 aromatic carbocycles. The Labute approximate surface area is 331 Å². The van der Waals surface area contributed by atoms with Crippen LogP contribution in [0.15, 0.2) is 127 Å². The van der Waals surface area contributed by atoms with Crippen LogP contribution in [0.4, 0.5) is 34.1 Å². The fraction of sp³-hybridized carbons (Fsp3) is 0.259. The van der Waals surface area contributed by atoms with E-state index in [1.54, 1.807) is 0 Å². The summed E-state index contributed by atoms with van der Waals surface area (Å²) >= 11 is 0. The quantitative estimate of drug-likeness (QED) is 0.157. The molecule has 0 aromatic heterocycles. The van der Waals surface area contributed by atoms with Crippen molar-refractivity contribution in [3.8, 4) is 0 Å². The maximum absolute atomic E-state index is 2.62. The Morgan fingerprint density at radius 1 is 0.429 bits per heavy atom. The van der Waals surface area contributed by atoms with Crippen molar-refractivity contribution in [1.29, 1.82) is 0 Å². The average Bonchev–Trinajstić information content (AvgIpc) is 3.24. The fourth-order valence-corrected chi connectivity index (χ4v) is 10.9. The van der Waals surface area contributed by atoms with Gasteiger partial charge in [-0.1, -0.05) is 86.6 Å². The number of fused-ring (bicyclic) bond motifs is 2. The third kappa shape index (κ3) is 5.14. The van der Waals surface area contributed by atoms with Crippen molar-refractivity contribution in [2.75, 3.05) is 9.80 Å². The van der Waals surface area contributed by atoms with Crippen molar-refractivity contribution < 1.29 is 0 Å². The van der Waals surface area contributed by atoms with E-state index < -0.39 is 0 Å². The second-order valence-electron chi connectivity index (χ2n) is 17.5. The van der Waals surface area contributed by atoms with E-state index in [-0.39, 0.29) is 5.41 Å². The van der Waals surface area contributed by atoms with Crippen molar-refractivity contribution in [2.24, 2.45) is 0 Å². The molecule has 276 valence electrons. The van der Waals surface area contributed by atoms with Crippen molar-refractivity contribution in [3.05, 3.63) is 166 Å². The molecule has 3 aliphatic carbocycles. The third-order valence-corrected chi connectivity index (χ3v) is 13.7. The van der Waals surface area contributed by atoms with E-state index in [1.807, 2.05) is 0 Å². The first kappa shape index (κ1) is 33.7. The van der Waals surface area contributed by atoms with Crippen molar-refractivity contribution in [2.45, 2.75) is 90.4 Å². The first-order chi connectivity index (χ1) is 27.5. The maximum atomic E-state index is 2.62. The van der Waals surface area contributed by atoms with Gasteiger partial charge in [0.1, 0.15) is 0 Å². The largest absolute Gasteiger partial charge is 0.310 e. The van der Waals surface area contributed by atoms with Crippen molar-refractivity contribution in [3.63, 3.8) is 0 Å². The Kier molecular flexibility index (Phi) is 7.82. The Hall–Kier alpha value is -5.60. The van der Waals surface area contributed by atoms with Gasteiger partial charge in [0.25, 0.3) is 0 Å². The molecule has 2 heteroatoms. The Bertz CT molecular complexity index is 2790. The smallest absolute Gasteiger partial charge is 0.0543 e. The Morgan fingerprint density at radius 3 is 1.59 bits per heavy atom. The highest BCUT2D eigenvalue weighted by Crippen LogP contribution is 2.54. The molecule has 0 unspecified atom stereocenters. The van der Waals surface area contributed by atoms with E-state index in [9.17, 15) is 0 Å².